The molecule has 1 aliphatic heterocycles. The molecular formula is C20H23N3O3S. The Bertz CT molecular complexity index is 818. The summed E-state index contributed by atoms with van der Waals surface area (Å²) < 4.78 is 10.4. The molecule has 6 nitrogen and oxygen atoms in total. The smallest absolute Gasteiger partial charge is 0.261 e. The van der Waals surface area contributed by atoms with E-state index in [0.717, 1.165) is 18.8 Å². The van der Waals surface area contributed by atoms with Gasteiger partial charge in [0.2, 0.25) is 0 Å². The number of benzene rings is 2. The van der Waals surface area contributed by atoms with E-state index in [2.05, 4.69) is 27.7 Å². The number of hydrogen-bond donors (Lipinski definition) is 2. The first-order valence-corrected chi connectivity index (χ1v) is 9.21. The molecule has 27 heavy (non-hydrogen) atoms. The largest absolute Gasteiger partial charge is 0.497 e. The van der Waals surface area contributed by atoms with Crippen LogP contribution in [0.4, 0.5) is 11.4 Å². The highest BCUT2D eigenvalue weighted by Gasteiger charge is 2.15. The van der Waals surface area contributed by atoms with Crippen LogP contribution >= 0.6 is 12.2 Å². The number of ether oxygens (including phenoxy) is 2. The zero-order chi connectivity index (χ0) is 19.2. The Morgan fingerprint density at radius 1 is 1.04 bits per heavy atom. The molecular weight excluding hydrogens is 362 g/mol. The highest BCUT2D eigenvalue weighted by Crippen LogP contribution is 2.25. The van der Waals surface area contributed by atoms with Crippen molar-refractivity contribution >= 4 is 34.6 Å². The topological polar surface area (TPSA) is 62.8 Å². The Hall–Kier alpha value is -2.80. The van der Waals surface area contributed by atoms with Crippen LogP contribution in [0.5, 0.6) is 11.5 Å². The maximum Gasteiger partial charge on any atom is 0.261 e. The summed E-state index contributed by atoms with van der Waals surface area (Å²) in [6.07, 6.45) is 2.48. The van der Waals surface area contributed by atoms with Crippen LogP contribution < -0.4 is 25.0 Å². The van der Waals surface area contributed by atoms with Crippen molar-refractivity contribution < 1.29 is 14.3 Å². The molecule has 2 aromatic carbocycles. The fourth-order valence-electron chi connectivity index (χ4n) is 3.05. The lowest BCUT2D eigenvalue weighted by molar-refractivity contribution is 0.0974. The molecule has 0 atom stereocenters. The number of amides is 1. The minimum atomic E-state index is -0.347. The van der Waals surface area contributed by atoms with Crippen molar-refractivity contribution in [2.75, 3.05) is 37.5 Å². The van der Waals surface area contributed by atoms with E-state index in [-0.39, 0.29) is 11.0 Å². The summed E-state index contributed by atoms with van der Waals surface area (Å²) >= 11 is 5.26. The van der Waals surface area contributed by atoms with Crippen molar-refractivity contribution in [1.29, 1.82) is 0 Å². The molecule has 1 aliphatic rings. The predicted molar refractivity (Wildman–Crippen MR) is 111 cm³/mol. The Morgan fingerprint density at radius 3 is 2.37 bits per heavy atom. The average molecular weight is 385 g/mol. The van der Waals surface area contributed by atoms with E-state index in [4.69, 9.17) is 21.7 Å². The van der Waals surface area contributed by atoms with Gasteiger partial charge in [-0.2, -0.15) is 0 Å². The maximum absolute atomic E-state index is 12.5. The van der Waals surface area contributed by atoms with Gasteiger partial charge in [-0.25, -0.2) is 0 Å². The summed E-state index contributed by atoms with van der Waals surface area (Å²) in [6, 6.07) is 13.0. The lowest BCUT2D eigenvalue weighted by Gasteiger charge is -2.18. The number of hydrogen-bond acceptors (Lipinski definition) is 5. The molecule has 0 unspecified atom stereocenters. The third-order valence-corrected chi connectivity index (χ3v) is 4.68. The van der Waals surface area contributed by atoms with E-state index in [1.807, 2.05) is 12.1 Å². The Labute approximate surface area is 164 Å². The van der Waals surface area contributed by atoms with Crippen LogP contribution in [-0.2, 0) is 0 Å². The standard InChI is InChI=1S/C20H23N3O3S/c1-25-16-9-10-17(18(13-16)26-2)19(24)22-20(27)21-14-5-7-15(8-6-14)23-11-3-4-12-23/h5-10,13H,3-4,11-12H2,1-2H3,(H2,21,22,24,27). The molecule has 1 fully saturated rings. The Morgan fingerprint density at radius 2 is 1.74 bits per heavy atom. The molecule has 0 radical (unpaired) electrons. The first-order chi connectivity index (χ1) is 13.1. The Kier molecular flexibility index (Phi) is 6.13. The summed E-state index contributed by atoms with van der Waals surface area (Å²) in [4.78, 5) is 14.8. The number of anilines is 2. The lowest BCUT2D eigenvalue weighted by atomic mass is 10.2. The van der Waals surface area contributed by atoms with Crippen molar-refractivity contribution in [1.82, 2.24) is 5.32 Å². The quantitative estimate of drug-likeness (QED) is 0.769. The molecule has 0 bridgehead atoms. The van der Waals surface area contributed by atoms with Gasteiger partial charge in [-0.1, -0.05) is 0 Å². The zero-order valence-corrected chi connectivity index (χ0v) is 16.3. The first-order valence-electron chi connectivity index (χ1n) is 8.80. The van der Waals surface area contributed by atoms with E-state index < -0.39 is 0 Å². The van der Waals surface area contributed by atoms with Gasteiger partial charge in [-0.3, -0.25) is 10.1 Å². The van der Waals surface area contributed by atoms with Crippen LogP contribution in [-0.4, -0.2) is 38.3 Å². The summed E-state index contributed by atoms with van der Waals surface area (Å²) in [5.41, 5.74) is 2.41. The highest BCUT2D eigenvalue weighted by atomic mass is 32.1. The van der Waals surface area contributed by atoms with Crippen molar-refractivity contribution in [2.24, 2.45) is 0 Å². The second-order valence-electron chi connectivity index (χ2n) is 6.22. The van der Waals surface area contributed by atoms with Gasteiger partial charge in [0.1, 0.15) is 11.5 Å². The highest BCUT2D eigenvalue weighted by molar-refractivity contribution is 7.80. The molecule has 2 aromatic rings. The van der Waals surface area contributed by atoms with Crippen LogP contribution in [0.15, 0.2) is 42.5 Å². The molecule has 0 aromatic heterocycles. The minimum Gasteiger partial charge on any atom is -0.497 e. The maximum atomic E-state index is 12.5. The van der Waals surface area contributed by atoms with Crippen LogP contribution in [0.2, 0.25) is 0 Å². The van der Waals surface area contributed by atoms with Crippen molar-refractivity contribution in [2.45, 2.75) is 12.8 Å². The number of rotatable bonds is 5. The molecule has 2 N–H and O–H groups in total. The monoisotopic (exact) mass is 385 g/mol. The summed E-state index contributed by atoms with van der Waals surface area (Å²) in [6.45, 7) is 2.20. The van der Waals surface area contributed by atoms with E-state index in [0.29, 0.717) is 17.1 Å². The molecule has 3 rings (SSSR count). The summed E-state index contributed by atoms with van der Waals surface area (Å²) in [5.74, 6) is 0.687. The number of methoxy groups -OCH3 is 2. The van der Waals surface area contributed by atoms with Crippen LogP contribution in [0, 0.1) is 0 Å². The fraction of sp³-hybridized carbons (Fsp3) is 0.300. The van der Waals surface area contributed by atoms with E-state index in [1.165, 1.54) is 25.6 Å². The number of thiocarbonyl (C=S) groups is 1. The third-order valence-electron chi connectivity index (χ3n) is 4.48. The second-order valence-corrected chi connectivity index (χ2v) is 6.62. The average Bonchev–Trinajstić information content (AvgIpc) is 3.22. The van der Waals surface area contributed by atoms with Crippen molar-refractivity contribution in [3.63, 3.8) is 0 Å². The molecule has 1 heterocycles. The molecule has 0 saturated carbocycles. The predicted octanol–water partition coefficient (Wildman–Crippen LogP) is 3.43. The fourth-order valence-corrected chi connectivity index (χ4v) is 3.26. The SMILES string of the molecule is COc1ccc(C(=O)NC(=S)Nc2ccc(N3CCCC3)cc2)c(OC)c1. The van der Waals surface area contributed by atoms with E-state index >= 15 is 0 Å². The first kappa shape index (κ1) is 19.0. The molecule has 0 spiro atoms. The van der Waals surface area contributed by atoms with Crippen molar-refractivity contribution in [3.05, 3.63) is 48.0 Å². The van der Waals surface area contributed by atoms with Crippen molar-refractivity contribution in [3.8, 4) is 11.5 Å². The third kappa shape index (κ3) is 4.68. The summed E-state index contributed by atoms with van der Waals surface area (Å²) in [5, 5.41) is 5.94. The van der Waals surface area contributed by atoms with Gasteiger partial charge in [0.05, 0.1) is 19.8 Å². The van der Waals surface area contributed by atoms with Gasteiger partial charge >= 0.3 is 0 Å². The molecule has 1 saturated heterocycles. The van der Waals surface area contributed by atoms with Gasteiger partial charge in [-0.15, -0.1) is 0 Å². The number of nitrogens with zero attached hydrogens (tertiary/aromatic N) is 1. The van der Waals surface area contributed by atoms with E-state index in [1.54, 1.807) is 25.3 Å². The molecule has 1 amide bonds. The van der Waals surface area contributed by atoms with Gasteiger partial charge in [0.15, 0.2) is 5.11 Å². The van der Waals surface area contributed by atoms with Crippen LogP contribution in [0.25, 0.3) is 0 Å². The minimum absolute atomic E-state index is 0.229. The summed E-state index contributed by atoms with van der Waals surface area (Å²) in [7, 11) is 3.06. The number of nitrogens with one attached hydrogen (secondary N) is 2. The Balaban J connectivity index is 1.61. The number of carbonyl (C=O) groups excluding carboxylic acids is 1. The van der Waals surface area contributed by atoms with E-state index in [9.17, 15) is 4.79 Å². The van der Waals surface area contributed by atoms with Crippen LogP contribution in [0.1, 0.15) is 23.2 Å². The second kappa shape index (κ2) is 8.73. The zero-order valence-electron chi connectivity index (χ0n) is 15.5. The molecule has 0 aliphatic carbocycles. The van der Waals surface area contributed by atoms with Gasteiger partial charge in [-0.05, 0) is 61.5 Å². The van der Waals surface area contributed by atoms with Gasteiger partial charge in [0, 0.05) is 30.5 Å². The van der Waals surface area contributed by atoms with Gasteiger partial charge < -0.3 is 19.7 Å². The normalized spacial score (nSPS) is 13.2. The molecule has 7 heteroatoms. The van der Waals surface area contributed by atoms with Crippen LogP contribution in [0.3, 0.4) is 0 Å². The number of carbonyl (C=O) groups is 1. The lowest BCUT2D eigenvalue weighted by Crippen LogP contribution is -2.34. The van der Waals surface area contributed by atoms with Gasteiger partial charge in [0.25, 0.3) is 5.91 Å². The molecule has 142 valence electrons.